The number of rotatable bonds is 4. The van der Waals surface area contributed by atoms with Gasteiger partial charge in [0, 0.05) is 5.56 Å². The average Bonchev–Trinajstić information content (AvgIpc) is 2.88. The molecule has 5 N–H and O–H groups in total. The Morgan fingerprint density at radius 3 is 2.70 bits per heavy atom. The number of nitrogens with two attached hydrogens (primary N) is 1. The summed E-state index contributed by atoms with van der Waals surface area (Å²) >= 11 is 0. The van der Waals surface area contributed by atoms with Crippen LogP contribution in [0.25, 0.3) is 0 Å². The first-order valence-corrected chi connectivity index (χ1v) is 4.89. The van der Waals surface area contributed by atoms with Crippen LogP contribution in [-0.2, 0) is 9.59 Å². The first-order valence-electron chi connectivity index (χ1n) is 4.89. The molecule has 0 aliphatic carbocycles. The predicted molar refractivity (Wildman–Crippen MR) is 64.3 cm³/mol. The monoisotopic (exact) mass is 283 g/mol. The van der Waals surface area contributed by atoms with Crippen LogP contribution in [0.15, 0.2) is 33.2 Å². The molecular weight excluding hydrogens is 274 g/mol. The molecule has 0 saturated heterocycles. The number of nitro groups is 1. The molecular formula is C8H9N7O5. The predicted octanol–water partition coefficient (Wildman–Crippen LogP) is -2.14. The van der Waals surface area contributed by atoms with Crippen LogP contribution in [0.4, 0.5) is 0 Å². The molecule has 0 saturated carbocycles. The minimum atomic E-state index is -1.21. The summed E-state index contributed by atoms with van der Waals surface area (Å²) < 4.78 is 4.74. The SMILES string of the molecule is N/C(=N\NC(=O)C(=O)N/N=C\c1ccoc1)N[N+](=O)[O-]. The molecule has 0 atom stereocenters. The molecule has 0 aliphatic rings. The fourth-order valence-corrected chi connectivity index (χ4v) is 0.845. The number of carbonyl (C=O) groups is 2. The molecule has 0 aliphatic heterocycles. The van der Waals surface area contributed by atoms with Gasteiger partial charge in [-0.25, -0.2) is 21.0 Å². The van der Waals surface area contributed by atoms with Crippen LogP contribution in [0.1, 0.15) is 5.56 Å². The van der Waals surface area contributed by atoms with E-state index in [0.29, 0.717) is 5.56 Å². The quantitative estimate of drug-likeness (QED) is 0.160. The molecule has 20 heavy (non-hydrogen) atoms. The number of hydrogen-bond acceptors (Lipinski definition) is 7. The highest BCUT2D eigenvalue weighted by molar-refractivity contribution is 6.35. The smallest absolute Gasteiger partial charge is 0.331 e. The second kappa shape index (κ2) is 7.10. The summed E-state index contributed by atoms with van der Waals surface area (Å²) in [7, 11) is 0. The normalized spacial score (nSPS) is 11.1. The summed E-state index contributed by atoms with van der Waals surface area (Å²) in [5.41, 5.74) is 10.6. The molecule has 0 spiro atoms. The molecule has 1 heterocycles. The highest BCUT2D eigenvalue weighted by Gasteiger charge is 2.12. The number of nitrogens with one attached hydrogen (secondary N) is 3. The molecule has 0 radical (unpaired) electrons. The number of guanidine groups is 1. The second-order valence-corrected chi connectivity index (χ2v) is 3.06. The molecule has 1 aromatic rings. The Morgan fingerprint density at radius 1 is 1.40 bits per heavy atom. The van der Waals surface area contributed by atoms with Gasteiger partial charge in [0.2, 0.25) is 0 Å². The maximum atomic E-state index is 11.2. The average molecular weight is 283 g/mol. The van der Waals surface area contributed by atoms with Crippen molar-refractivity contribution in [3.63, 3.8) is 0 Å². The number of furan rings is 1. The summed E-state index contributed by atoms with van der Waals surface area (Å²) in [6.45, 7) is 0. The van der Waals surface area contributed by atoms with Gasteiger partial charge in [-0.1, -0.05) is 5.43 Å². The van der Waals surface area contributed by atoms with Gasteiger partial charge < -0.3 is 10.2 Å². The maximum absolute atomic E-state index is 11.2. The molecule has 0 bridgehead atoms. The van der Waals surface area contributed by atoms with Crippen LogP contribution < -0.4 is 22.0 Å². The number of hydrazone groups is 2. The molecule has 1 rings (SSSR count). The van der Waals surface area contributed by atoms with Crippen LogP contribution in [-0.4, -0.2) is 29.0 Å². The third kappa shape index (κ3) is 5.26. The zero-order valence-corrected chi connectivity index (χ0v) is 9.77. The van der Waals surface area contributed by atoms with Crippen molar-refractivity contribution < 1.29 is 19.0 Å². The lowest BCUT2D eigenvalue weighted by Crippen LogP contribution is -2.41. The van der Waals surface area contributed by atoms with E-state index < -0.39 is 22.8 Å². The van der Waals surface area contributed by atoms with Gasteiger partial charge in [-0.3, -0.25) is 9.59 Å². The van der Waals surface area contributed by atoms with Gasteiger partial charge in [-0.05, 0) is 6.07 Å². The summed E-state index contributed by atoms with van der Waals surface area (Å²) in [5.74, 6) is -3.04. The Bertz CT molecular complexity index is 550. The third-order valence-electron chi connectivity index (χ3n) is 1.61. The lowest BCUT2D eigenvalue weighted by molar-refractivity contribution is -0.525. The highest BCUT2D eigenvalue weighted by atomic mass is 16.7. The Labute approximate surface area is 110 Å². The van der Waals surface area contributed by atoms with E-state index in [-0.39, 0.29) is 0 Å². The Kier molecular flexibility index (Phi) is 5.19. The molecule has 2 amide bonds. The van der Waals surface area contributed by atoms with Crippen molar-refractivity contribution in [2.75, 3.05) is 0 Å². The molecule has 12 heteroatoms. The van der Waals surface area contributed by atoms with Crippen LogP contribution in [0, 0.1) is 10.1 Å². The Hall–Kier alpha value is -3.44. The summed E-state index contributed by atoms with van der Waals surface area (Å²) in [6.07, 6.45) is 4.00. The minimum absolute atomic E-state index is 0.572. The largest absolute Gasteiger partial charge is 0.472 e. The van der Waals surface area contributed by atoms with Crippen molar-refractivity contribution in [3.8, 4) is 0 Å². The number of nitrogens with zero attached hydrogens (tertiary/aromatic N) is 3. The van der Waals surface area contributed by atoms with Gasteiger partial charge in [0.25, 0.3) is 5.96 Å². The lowest BCUT2D eigenvalue weighted by atomic mass is 10.4. The van der Waals surface area contributed by atoms with Gasteiger partial charge >= 0.3 is 11.8 Å². The molecule has 0 unspecified atom stereocenters. The third-order valence-corrected chi connectivity index (χ3v) is 1.61. The van der Waals surface area contributed by atoms with Crippen molar-refractivity contribution in [1.29, 1.82) is 0 Å². The van der Waals surface area contributed by atoms with Crippen molar-refractivity contribution in [2.24, 2.45) is 15.9 Å². The Morgan fingerprint density at radius 2 is 2.10 bits per heavy atom. The van der Waals surface area contributed by atoms with E-state index in [4.69, 9.17) is 10.2 Å². The number of hydrogen-bond donors (Lipinski definition) is 4. The first kappa shape index (κ1) is 14.6. The summed E-state index contributed by atoms with van der Waals surface area (Å²) in [5, 5.41) is 15.5. The van der Waals surface area contributed by atoms with Gasteiger partial charge in [0.15, 0.2) is 5.03 Å². The fraction of sp³-hybridized carbons (Fsp3) is 0. The van der Waals surface area contributed by atoms with E-state index in [1.807, 2.05) is 5.43 Å². The molecule has 0 aromatic carbocycles. The minimum Gasteiger partial charge on any atom is -0.472 e. The van der Waals surface area contributed by atoms with E-state index >= 15 is 0 Å². The van der Waals surface area contributed by atoms with Gasteiger partial charge in [-0.2, -0.15) is 5.10 Å². The first-order chi connectivity index (χ1) is 9.49. The zero-order valence-electron chi connectivity index (χ0n) is 9.77. The zero-order chi connectivity index (χ0) is 15.0. The van der Waals surface area contributed by atoms with Crippen LogP contribution >= 0.6 is 0 Å². The van der Waals surface area contributed by atoms with Gasteiger partial charge in [0.1, 0.15) is 0 Å². The number of carbonyl (C=O) groups excluding carboxylic acids is 2. The van der Waals surface area contributed by atoms with Crippen LogP contribution in [0.2, 0.25) is 0 Å². The highest BCUT2D eigenvalue weighted by Crippen LogP contribution is 1.94. The topological polar surface area (TPSA) is 177 Å². The summed E-state index contributed by atoms with van der Waals surface area (Å²) in [6, 6.07) is 1.57. The second-order valence-electron chi connectivity index (χ2n) is 3.06. The van der Waals surface area contributed by atoms with E-state index in [0.717, 1.165) is 0 Å². The lowest BCUT2D eigenvalue weighted by Gasteiger charge is -1.98. The van der Waals surface area contributed by atoms with E-state index in [2.05, 4.69) is 10.2 Å². The standard InChI is InChI=1S/C8H9N7O5/c9-8(14-15(18)19)13-12-7(17)6(16)11-10-3-5-1-2-20-4-5/h1-4H,(H,11,16)(H,12,17)(H3,9,13,14)/b10-3-. The van der Waals surface area contributed by atoms with Crippen molar-refractivity contribution in [2.45, 2.75) is 0 Å². The molecule has 106 valence electrons. The fourth-order valence-electron chi connectivity index (χ4n) is 0.845. The maximum Gasteiger partial charge on any atom is 0.331 e. The Balaban J connectivity index is 2.39. The summed E-state index contributed by atoms with van der Waals surface area (Å²) in [4.78, 5) is 32.3. The van der Waals surface area contributed by atoms with E-state index in [1.165, 1.54) is 24.2 Å². The van der Waals surface area contributed by atoms with Crippen molar-refractivity contribution >= 4 is 24.0 Å². The van der Waals surface area contributed by atoms with Crippen molar-refractivity contribution in [1.82, 2.24) is 16.3 Å². The molecule has 0 fully saturated rings. The van der Waals surface area contributed by atoms with Crippen LogP contribution in [0.3, 0.4) is 0 Å². The molecule has 12 nitrogen and oxygen atoms in total. The number of amides is 2. The molecule has 1 aromatic heterocycles. The van der Waals surface area contributed by atoms with Gasteiger partial charge in [-0.15, -0.1) is 5.10 Å². The van der Waals surface area contributed by atoms with Crippen LogP contribution in [0.5, 0.6) is 0 Å². The number of hydrazine groups is 1. The van der Waals surface area contributed by atoms with Crippen molar-refractivity contribution in [3.05, 3.63) is 34.3 Å². The van der Waals surface area contributed by atoms with E-state index in [9.17, 15) is 19.7 Å². The van der Waals surface area contributed by atoms with E-state index in [1.54, 1.807) is 11.5 Å². The van der Waals surface area contributed by atoms with Gasteiger partial charge in [0.05, 0.1) is 18.7 Å².